The van der Waals surface area contributed by atoms with Gasteiger partial charge in [-0.05, 0) is 56.8 Å². The van der Waals surface area contributed by atoms with Crippen LogP contribution in [0.5, 0.6) is 0 Å². The van der Waals surface area contributed by atoms with Crippen LogP contribution in [0.3, 0.4) is 0 Å². The number of fused-ring (bicyclic) bond motifs is 1. The number of rotatable bonds is 6. The molecule has 6 nitrogen and oxygen atoms in total. The van der Waals surface area contributed by atoms with Crippen molar-refractivity contribution in [1.29, 1.82) is 0 Å². The zero-order chi connectivity index (χ0) is 20.3. The molecule has 156 valence electrons. The van der Waals surface area contributed by atoms with E-state index in [0.717, 1.165) is 12.8 Å². The molecule has 4 saturated carbocycles. The van der Waals surface area contributed by atoms with Gasteiger partial charge in [-0.15, -0.1) is 0 Å². The van der Waals surface area contributed by atoms with Gasteiger partial charge in [0, 0.05) is 0 Å². The molecule has 0 amide bonds. The second-order valence-electron chi connectivity index (χ2n) is 8.38. The number of hydrogen-bond donors (Lipinski definition) is 2. The lowest BCUT2D eigenvalue weighted by molar-refractivity contribution is -0.185. The highest BCUT2D eigenvalue weighted by molar-refractivity contribution is 7.87. The van der Waals surface area contributed by atoms with Crippen molar-refractivity contribution in [3.05, 3.63) is 0 Å². The Bertz CT molecular complexity index is 726. The SMILES string of the molecule is O=C(OCCC(F)(F)C(F)(F)S(=O)(=O)O)C12CC3CCC(O)(CC(C3)C1)C2. The third kappa shape index (κ3) is 3.57. The van der Waals surface area contributed by atoms with E-state index in [0.29, 0.717) is 25.7 Å². The highest BCUT2D eigenvalue weighted by Gasteiger charge is 2.65. The van der Waals surface area contributed by atoms with Crippen LogP contribution in [0.15, 0.2) is 0 Å². The van der Waals surface area contributed by atoms with Crippen molar-refractivity contribution >= 4 is 16.1 Å². The Morgan fingerprint density at radius 1 is 1.15 bits per heavy atom. The first-order valence-corrected chi connectivity index (χ1v) is 10.3. The lowest BCUT2D eigenvalue weighted by atomic mass is 9.57. The van der Waals surface area contributed by atoms with Crippen LogP contribution < -0.4 is 0 Å². The van der Waals surface area contributed by atoms with Crippen molar-refractivity contribution in [2.45, 2.75) is 68.1 Å². The molecule has 0 spiro atoms. The van der Waals surface area contributed by atoms with Gasteiger partial charge in [-0.3, -0.25) is 9.35 Å². The first kappa shape index (κ1) is 20.8. The number of hydrogen-bond acceptors (Lipinski definition) is 5. The van der Waals surface area contributed by atoms with E-state index in [1.807, 2.05) is 0 Å². The molecule has 0 aromatic carbocycles. The molecule has 4 unspecified atom stereocenters. The number of esters is 1. The van der Waals surface area contributed by atoms with Crippen LogP contribution in [-0.4, -0.2) is 47.4 Å². The van der Waals surface area contributed by atoms with Crippen molar-refractivity contribution in [2.24, 2.45) is 17.3 Å². The molecule has 0 radical (unpaired) electrons. The average Bonchev–Trinajstić information content (AvgIpc) is 2.67. The van der Waals surface area contributed by atoms with Gasteiger partial charge in [-0.25, -0.2) is 0 Å². The minimum atomic E-state index is -6.32. The Morgan fingerprint density at radius 2 is 1.78 bits per heavy atom. The number of carbonyl (C=O) groups is 1. The van der Waals surface area contributed by atoms with Gasteiger partial charge in [0.2, 0.25) is 0 Å². The topological polar surface area (TPSA) is 101 Å². The van der Waals surface area contributed by atoms with Gasteiger partial charge >= 0.3 is 27.3 Å². The van der Waals surface area contributed by atoms with Gasteiger partial charge in [0.15, 0.2) is 0 Å². The molecule has 0 aliphatic heterocycles. The minimum absolute atomic E-state index is 0.128. The van der Waals surface area contributed by atoms with Crippen molar-refractivity contribution < 1.29 is 45.2 Å². The number of halogens is 4. The minimum Gasteiger partial charge on any atom is -0.465 e. The van der Waals surface area contributed by atoms with Gasteiger partial charge in [0.1, 0.15) is 0 Å². The van der Waals surface area contributed by atoms with E-state index in [1.54, 1.807) is 0 Å². The summed E-state index contributed by atoms with van der Waals surface area (Å²) in [6, 6.07) is 0. The summed E-state index contributed by atoms with van der Waals surface area (Å²) in [4.78, 5) is 12.6. The van der Waals surface area contributed by atoms with E-state index >= 15 is 0 Å². The van der Waals surface area contributed by atoms with Crippen LogP contribution in [0.1, 0.15) is 51.4 Å². The van der Waals surface area contributed by atoms with E-state index < -0.39 is 51.3 Å². The van der Waals surface area contributed by atoms with E-state index in [2.05, 4.69) is 0 Å². The van der Waals surface area contributed by atoms with Crippen molar-refractivity contribution in [1.82, 2.24) is 0 Å². The van der Waals surface area contributed by atoms with E-state index in [9.17, 15) is 35.9 Å². The van der Waals surface area contributed by atoms with Crippen LogP contribution in [-0.2, 0) is 19.6 Å². The fourth-order valence-corrected chi connectivity index (χ4v) is 5.73. The second kappa shape index (κ2) is 6.28. The molecule has 0 heterocycles. The standard InChI is InChI=1S/C16H22F4O6S/c17-15(18,16(19,20)27(23,24)25)3-4-26-12(21)13-6-10-1-2-14(22,9-13)8-11(5-10)7-13/h10-11,22H,1-9H2,(H,23,24,25). The van der Waals surface area contributed by atoms with E-state index in [1.165, 1.54) is 0 Å². The second-order valence-corrected chi connectivity index (χ2v) is 9.85. The number of aliphatic hydroxyl groups is 1. The predicted octanol–water partition coefficient (Wildman–Crippen LogP) is 2.76. The fraction of sp³-hybridized carbons (Fsp3) is 0.938. The maximum atomic E-state index is 13.5. The molecule has 0 aromatic heterocycles. The molecule has 0 aromatic rings. The van der Waals surface area contributed by atoms with Gasteiger partial charge in [0.05, 0.1) is 24.0 Å². The molecule has 27 heavy (non-hydrogen) atoms. The largest absolute Gasteiger partial charge is 0.465 e. The van der Waals surface area contributed by atoms with E-state index in [-0.39, 0.29) is 18.3 Å². The maximum absolute atomic E-state index is 13.5. The highest BCUT2D eigenvalue weighted by atomic mass is 32.2. The lowest BCUT2D eigenvalue weighted by Crippen LogP contribution is -2.51. The monoisotopic (exact) mass is 418 g/mol. The van der Waals surface area contributed by atoms with Crippen molar-refractivity contribution in [2.75, 3.05) is 6.61 Å². The van der Waals surface area contributed by atoms with Crippen LogP contribution in [0, 0.1) is 17.3 Å². The zero-order valence-electron chi connectivity index (χ0n) is 14.5. The van der Waals surface area contributed by atoms with Crippen LogP contribution in [0.2, 0.25) is 0 Å². The summed E-state index contributed by atoms with van der Waals surface area (Å²) >= 11 is 0. The summed E-state index contributed by atoms with van der Waals surface area (Å²) in [5, 5.41) is 5.04. The summed E-state index contributed by atoms with van der Waals surface area (Å²) in [5.41, 5.74) is -2.02. The number of alkyl halides is 4. The molecule has 4 aliphatic carbocycles. The Morgan fingerprint density at radius 3 is 2.41 bits per heavy atom. The Labute approximate surface area is 154 Å². The molecular formula is C16H22F4O6S. The number of ether oxygens (including phenoxy) is 1. The summed E-state index contributed by atoms with van der Waals surface area (Å²) in [5.74, 6) is -5.57. The smallest absolute Gasteiger partial charge is 0.431 e. The fourth-order valence-electron chi connectivity index (χ4n) is 5.25. The first-order chi connectivity index (χ1) is 12.2. The van der Waals surface area contributed by atoms with Gasteiger partial charge in [0.25, 0.3) is 0 Å². The third-order valence-electron chi connectivity index (χ3n) is 6.21. The molecular weight excluding hydrogens is 396 g/mol. The normalized spacial score (nSPS) is 36.5. The van der Waals surface area contributed by atoms with Gasteiger partial charge in [-0.2, -0.15) is 26.0 Å². The summed E-state index contributed by atoms with van der Waals surface area (Å²) in [7, 11) is -6.32. The zero-order valence-corrected chi connectivity index (χ0v) is 15.3. The molecule has 4 fully saturated rings. The first-order valence-electron chi connectivity index (χ1n) is 8.82. The summed E-state index contributed by atoms with van der Waals surface area (Å²) in [6.45, 7) is -1.12. The van der Waals surface area contributed by atoms with Crippen molar-refractivity contribution in [3.8, 4) is 0 Å². The number of carbonyl (C=O) groups excluding carboxylic acids is 1. The Balaban J connectivity index is 1.66. The molecule has 4 bridgehead atoms. The van der Waals surface area contributed by atoms with Crippen molar-refractivity contribution in [3.63, 3.8) is 0 Å². The molecule has 4 aliphatic rings. The van der Waals surface area contributed by atoms with Crippen LogP contribution >= 0.6 is 0 Å². The average molecular weight is 418 g/mol. The van der Waals surface area contributed by atoms with Gasteiger partial charge < -0.3 is 9.84 Å². The molecule has 11 heteroatoms. The Hall–Kier alpha value is -0.940. The quantitative estimate of drug-likeness (QED) is 0.391. The Kier molecular flexibility index (Phi) is 4.84. The van der Waals surface area contributed by atoms with E-state index in [4.69, 9.17) is 9.29 Å². The summed E-state index contributed by atoms with van der Waals surface area (Å²) < 4.78 is 87.5. The van der Waals surface area contributed by atoms with Crippen LogP contribution in [0.4, 0.5) is 17.6 Å². The van der Waals surface area contributed by atoms with Crippen LogP contribution in [0.25, 0.3) is 0 Å². The highest BCUT2D eigenvalue weighted by Crippen LogP contribution is 2.59. The molecule has 0 saturated heterocycles. The lowest BCUT2D eigenvalue weighted by Gasteiger charge is -2.49. The molecule has 4 atom stereocenters. The molecule has 2 N–H and O–H groups in total. The summed E-state index contributed by atoms with van der Waals surface area (Å²) in [6.07, 6.45) is 2.11. The van der Waals surface area contributed by atoms with Gasteiger partial charge in [-0.1, -0.05) is 0 Å². The maximum Gasteiger partial charge on any atom is 0.431 e. The molecule has 4 rings (SSSR count). The third-order valence-corrected chi connectivity index (χ3v) is 7.16. The predicted molar refractivity (Wildman–Crippen MR) is 83.7 cm³/mol.